The molecule has 2 atom stereocenters. The lowest BCUT2D eigenvalue weighted by molar-refractivity contribution is -0.140. The number of ether oxygens (including phenoxy) is 1. The monoisotopic (exact) mass is 334 g/mol. The SMILES string of the molecule is CCCCCCC[C@H]1C2=C(OCCC2)C(=O)[C@@]1(C)C(=O)CCCC. The van der Waals surface area contributed by atoms with Gasteiger partial charge in [0.2, 0.25) is 5.78 Å². The molecule has 24 heavy (non-hydrogen) atoms. The van der Waals surface area contributed by atoms with Crippen molar-refractivity contribution in [2.75, 3.05) is 6.61 Å². The van der Waals surface area contributed by atoms with Crippen molar-refractivity contribution in [2.45, 2.75) is 91.4 Å². The topological polar surface area (TPSA) is 43.4 Å². The van der Waals surface area contributed by atoms with Gasteiger partial charge in [0.25, 0.3) is 0 Å². The Hall–Kier alpha value is -1.12. The summed E-state index contributed by atoms with van der Waals surface area (Å²) in [6.07, 6.45) is 11.3. The van der Waals surface area contributed by atoms with Gasteiger partial charge in [0.05, 0.1) is 12.0 Å². The van der Waals surface area contributed by atoms with Crippen LogP contribution in [0, 0.1) is 11.3 Å². The van der Waals surface area contributed by atoms with E-state index in [1.165, 1.54) is 25.7 Å². The molecule has 0 saturated heterocycles. The molecular weight excluding hydrogens is 300 g/mol. The summed E-state index contributed by atoms with van der Waals surface area (Å²) >= 11 is 0. The molecule has 0 spiro atoms. The van der Waals surface area contributed by atoms with Gasteiger partial charge in [-0.05, 0) is 38.2 Å². The Morgan fingerprint density at radius 3 is 2.54 bits per heavy atom. The van der Waals surface area contributed by atoms with E-state index in [4.69, 9.17) is 4.74 Å². The Balaban J connectivity index is 2.14. The van der Waals surface area contributed by atoms with Crippen LogP contribution in [0.4, 0.5) is 0 Å². The Morgan fingerprint density at radius 2 is 1.83 bits per heavy atom. The average molecular weight is 335 g/mol. The molecule has 0 fully saturated rings. The number of hydrogen-bond acceptors (Lipinski definition) is 3. The highest BCUT2D eigenvalue weighted by molar-refractivity contribution is 6.16. The zero-order chi connectivity index (χ0) is 17.6. The molecule has 3 heteroatoms. The lowest BCUT2D eigenvalue weighted by Crippen LogP contribution is -2.40. The van der Waals surface area contributed by atoms with Gasteiger partial charge in [0, 0.05) is 12.3 Å². The van der Waals surface area contributed by atoms with E-state index in [-0.39, 0.29) is 17.5 Å². The van der Waals surface area contributed by atoms with Crippen molar-refractivity contribution in [3.63, 3.8) is 0 Å². The number of carbonyl (C=O) groups excluding carboxylic acids is 2. The van der Waals surface area contributed by atoms with Crippen molar-refractivity contribution < 1.29 is 14.3 Å². The first-order chi connectivity index (χ1) is 11.6. The smallest absolute Gasteiger partial charge is 0.211 e. The van der Waals surface area contributed by atoms with Crippen molar-refractivity contribution in [3.05, 3.63) is 11.3 Å². The normalized spacial score (nSPS) is 26.5. The van der Waals surface area contributed by atoms with Crippen molar-refractivity contribution in [2.24, 2.45) is 11.3 Å². The molecule has 0 unspecified atom stereocenters. The summed E-state index contributed by atoms with van der Waals surface area (Å²) in [6.45, 7) is 6.82. The molecule has 1 aliphatic carbocycles. The number of rotatable bonds is 10. The van der Waals surface area contributed by atoms with E-state index in [1.54, 1.807) is 0 Å². The summed E-state index contributed by atoms with van der Waals surface area (Å²) < 4.78 is 5.72. The van der Waals surface area contributed by atoms with Crippen molar-refractivity contribution in [1.29, 1.82) is 0 Å². The molecule has 0 N–H and O–H groups in total. The van der Waals surface area contributed by atoms with Crippen LogP contribution in [-0.2, 0) is 14.3 Å². The van der Waals surface area contributed by atoms with Crippen LogP contribution in [0.1, 0.15) is 91.4 Å². The van der Waals surface area contributed by atoms with Crippen LogP contribution in [0.2, 0.25) is 0 Å². The highest BCUT2D eigenvalue weighted by atomic mass is 16.5. The predicted molar refractivity (Wildman–Crippen MR) is 96.7 cm³/mol. The van der Waals surface area contributed by atoms with Crippen molar-refractivity contribution in [3.8, 4) is 0 Å². The largest absolute Gasteiger partial charge is 0.490 e. The van der Waals surface area contributed by atoms with Crippen LogP contribution in [0.15, 0.2) is 11.3 Å². The third-order valence-corrected chi connectivity index (χ3v) is 5.86. The number of hydrogen-bond donors (Lipinski definition) is 0. The fourth-order valence-corrected chi connectivity index (χ4v) is 4.26. The van der Waals surface area contributed by atoms with E-state index in [9.17, 15) is 9.59 Å². The van der Waals surface area contributed by atoms with Crippen LogP contribution < -0.4 is 0 Å². The number of unbranched alkanes of at least 4 members (excludes halogenated alkanes) is 5. The Kier molecular flexibility index (Phi) is 7.06. The van der Waals surface area contributed by atoms with Gasteiger partial charge in [-0.15, -0.1) is 0 Å². The minimum absolute atomic E-state index is 0.0307. The first-order valence-electron chi connectivity index (χ1n) is 10.0. The second-order valence-corrected chi connectivity index (χ2v) is 7.62. The third-order valence-electron chi connectivity index (χ3n) is 5.86. The van der Waals surface area contributed by atoms with Gasteiger partial charge in [-0.1, -0.05) is 52.4 Å². The summed E-state index contributed by atoms with van der Waals surface area (Å²) in [6, 6.07) is 0. The standard InChI is InChI=1S/C21H34O3/c1-4-6-8-9-10-13-17-16-12-11-15-24-19(16)20(23)21(17,3)18(22)14-7-5-2/h17H,4-15H2,1-3H3/t17-,21+/m0/s1. The van der Waals surface area contributed by atoms with E-state index in [0.717, 1.165) is 44.1 Å². The number of allylic oxidation sites excluding steroid dienone is 2. The zero-order valence-electron chi connectivity index (χ0n) is 15.8. The number of carbonyl (C=O) groups is 2. The molecule has 0 saturated carbocycles. The predicted octanol–water partition coefficient (Wildman–Crippen LogP) is 5.38. The Morgan fingerprint density at radius 1 is 1.12 bits per heavy atom. The van der Waals surface area contributed by atoms with Crippen LogP contribution in [-0.4, -0.2) is 18.2 Å². The fourth-order valence-electron chi connectivity index (χ4n) is 4.26. The zero-order valence-corrected chi connectivity index (χ0v) is 15.8. The lowest BCUT2D eigenvalue weighted by atomic mass is 9.69. The Labute approximate surface area is 147 Å². The molecule has 3 nitrogen and oxygen atoms in total. The molecule has 2 aliphatic rings. The quantitative estimate of drug-likeness (QED) is 0.398. The van der Waals surface area contributed by atoms with E-state index in [1.807, 2.05) is 6.92 Å². The van der Waals surface area contributed by atoms with E-state index in [2.05, 4.69) is 13.8 Å². The molecule has 136 valence electrons. The first kappa shape index (κ1) is 19.2. The summed E-state index contributed by atoms with van der Waals surface area (Å²) in [5.41, 5.74) is 0.281. The maximum absolute atomic E-state index is 13.0. The van der Waals surface area contributed by atoms with Gasteiger partial charge >= 0.3 is 0 Å². The minimum atomic E-state index is -0.866. The lowest BCUT2D eigenvalue weighted by Gasteiger charge is -2.30. The van der Waals surface area contributed by atoms with Crippen LogP contribution in [0.5, 0.6) is 0 Å². The Bertz CT molecular complexity index is 491. The fraction of sp³-hybridized carbons (Fsp3) is 0.810. The van der Waals surface area contributed by atoms with Crippen LogP contribution in [0.25, 0.3) is 0 Å². The minimum Gasteiger partial charge on any atom is -0.490 e. The molecule has 0 radical (unpaired) electrons. The third kappa shape index (κ3) is 3.75. The molecule has 0 aromatic carbocycles. The van der Waals surface area contributed by atoms with E-state index >= 15 is 0 Å². The molecular formula is C21H34O3. The van der Waals surface area contributed by atoms with E-state index < -0.39 is 5.41 Å². The molecule has 2 rings (SSSR count). The van der Waals surface area contributed by atoms with Gasteiger partial charge in [-0.2, -0.15) is 0 Å². The summed E-state index contributed by atoms with van der Waals surface area (Å²) in [4.78, 5) is 25.9. The van der Waals surface area contributed by atoms with Gasteiger partial charge in [-0.3, -0.25) is 9.59 Å². The second-order valence-electron chi connectivity index (χ2n) is 7.62. The summed E-state index contributed by atoms with van der Waals surface area (Å²) in [5, 5.41) is 0. The van der Waals surface area contributed by atoms with Crippen LogP contribution >= 0.6 is 0 Å². The highest BCUT2D eigenvalue weighted by Gasteiger charge is 2.56. The number of Topliss-reactive ketones (excluding diaryl/α,β-unsaturated/α-hetero) is 2. The second kappa shape index (κ2) is 8.82. The van der Waals surface area contributed by atoms with Crippen molar-refractivity contribution in [1.82, 2.24) is 0 Å². The van der Waals surface area contributed by atoms with Gasteiger partial charge in [-0.25, -0.2) is 0 Å². The molecule has 1 heterocycles. The maximum atomic E-state index is 13.0. The first-order valence-corrected chi connectivity index (χ1v) is 10.0. The summed E-state index contributed by atoms with van der Waals surface area (Å²) in [5.74, 6) is 0.723. The molecule has 0 aromatic rings. The average Bonchev–Trinajstić information content (AvgIpc) is 2.82. The maximum Gasteiger partial charge on any atom is 0.211 e. The van der Waals surface area contributed by atoms with Crippen LogP contribution in [0.3, 0.4) is 0 Å². The van der Waals surface area contributed by atoms with E-state index in [0.29, 0.717) is 18.8 Å². The molecule has 0 amide bonds. The van der Waals surface area contributed by atoms with Gasteiger partial charge < -0.3 is 4.74 Å². The molecule has 0 aromatic heterocycles. The number of ketones is 2. The molecule has 1 aliphatic heterocycles. The molecule has 0 bridgehead atoms. The van der Waals surface area contributed by atoms with Gasteiger partial charge in [0.15, 0.2) is 5.76 Å². The summed E-state index contributed by atoms with van der Waals surface area (Å²) in [7, 11) is 0. The highest BCUT2D eigenvalue weighted by Crippen LogP contribution is 2.51. The van der Waals surface area contributed by atoms with Crippen molar-refractivity contribution >= 4 is 11.6 Å². The van der Waals surface area contributed by atoms with Gasteiger partial charge in [0.1, 0.15) is 5.78 Å².